The van der Waals surface area contributed by atoms with E-state index in [4.69, 9.17) is 4.74 Å². The van der Waals surface area contributed by atoms with Gasteiger partial charge < -0.3 is 14.6 Å². The maximum atomic E-state index is 13.3. The number of sulfonamides is 1. The van der Waals surface area contributed by atoms with E-state index < -0.39 is 10.0 Å². The molecule has 32 heavy (non-hydrogen) atoms. The van der Waals surface area contributed by atoms with Crippen LogP contribution in [0.25, 0.3) is 0 Å². The van der Waals surface area contributed by atoms with Gasteiger partial charge in [-0.1, -0.05) is 18.2 Å². The number of anilines is 1. The summed E-state index contributed by atoms with van der Waals surface area (Å²) >= 11 is 1.33. The van der Waals surface area contributed by atoms with Gasteiger partial charge in [-0.3, -0.25) is 4.79 Å². The van der Waals surface area contributed by atoms with Crippen molar-refractivity contribution >= 4 is 33.4 Å². The molecule has 1 aromatic carbocycles. The van der Waals surface area contributed by atoms with E-state index in [2.05, 4.69) is 20.1 Å². The normalized spacial score (nSPS) is 17.3. The Morgan fingerprint density at radius 1 is 1.22 bits per heavy atom. The predicted molar refractivity (Wildman–Crippen MR) is 123 cm³/mol. The van der Waals surface area contributed by atoms with Gasteiger partial charge >= 0.3 is 0 Å². The van der Waals surface area contributed by atoms with E-state index in [1.165, 1.54) is 22.1 Å². The molecule has 174 valence electrons. The number of ether oxygens (including phenoxy) is 1. The lowest BCUT2D eigenvalue weighted by Gasteiger charge is -2.27. The van der Waals surface area contributed by atoms with E-state index >= 15 is 0 Å². The van der Waals surface area contributed by atoms with Crippen LogP contribution in [-0.2, 0) is 14.8 Å². The van der Waals surface area contributed by atoms with Gasteiger partial charge in [0, 0.05) is 24.8 Å². The predicted octanol–water partition coefficient (Wildman–Crippen LogP) is 3.23. The molecular weight excluding hydrogens is 450 g/mol. The van der Waals surface area contributed by atoms with Crippen molar-refractivity contribution < 1.29 is 17.9 Å². The molecule has 4 rings (SSSR count). The topological polar surface area (TPSA) is 106 Å². The fourth-order valence-corrected chi connectivity index (χ4v) is 6.36. The zero-order valence-electron chi connectivity index (χ0n) is 18.4. The van der Waals surface area contributed by atoms with Gasteiger partial charge in [0.25, 0.3) is 0 Å². The first-order valence-corrected chi connectivity index (χ1v) is 13.4. The Kier molecular flexibility index (Phi) is 7.06. The van der Waals surface area contributed by atoms with E-state index in [-0.39, 0.29) is 16.6 Å². The number of rotatable bonds is 9. The van der Waals surface area contributed by atoms with Crippen LogP contribution in [0.2, 0.25) is 0 Å². The molecule has 2 fully saturated rings. The highest BCUT2D eigenvalue weighted by Crippen LogP contribution is 2.38. The van der Waals surface area contributed by atoms with Crippen LogP contribution in [0.5, 0.6) is 5.75 Å². The van der Waals surface area contributed by atoms with Gasteiger partial charge in [-0.25, -0.2) is 8.42 Å². The average Bonchev–Trinajstić information content (AvgIpc) is 3.56. The molecule has 11 heteroatoms. The molecule has 2 aliphatic rings. The third kappa shape index (κ3) is 5.10. The molecule has 1 amide bonds. The van der Waals surface area contributed by atoms with Crippen LogP contribution in [-0.4, -0.2) is 58.8 Å². The van der Waals surface area contributed by atoms with E-state index in [1.807, 2.05) is 13.8 Å². The number of aromatic nitrogens is 3. The minimum absolute atomic E-state index is 0.0933. The summed E-state index contributed by atoms with van der Waals surface area (Å²) in [6, 6.07) is 5.20. The molecule has 1 saturated carbocycles. The fraction of sp³-hybridized carbons (Fsp3) is 0.571. The Balaban J connectivity index is 1.47. The molecule has 1 N–H and O–H groups in total. The molecule has 0 spiro atoms. The van der Waals surface area contributed by atoms with Gasteiger partial charge in [0.15, 0.2) is 5.16 Å². The average molecular weight is 480 g/mol. The highest BCUT2D eigenvalue weighted by molar-refractivity contribution is 7.99. The Bertz CT molecular complexity index is 1080. The van der Waals surface area contributed by atoms with Crippen LogP contribution < -0.4 is 10.1 Å². The van der Waals surface area contributed by atoms with Crippen LogP contribution in [0.3, 0.4) is 0 Å². The van der Waals surface area contributed by atoms with Crippen molar-refractivity contribution in [3.05, 3.63) is 24.0 Å². The van der Waals surface area contributed by atoms with Crippen LogP contribution in [0.4, 0.5) is 5.69 Å². The summed E-state index contributed by atoms with van der Waals surface area (Å²) in [6.45, 7) is 5.09. The van der Waals surface area contributed by atoms with E-state index in [1.54, 1.807) is 12.1 Å². The Hall–Kier alpha value is -2.11. The maximum absolute atomic E-state index is 13.3. The summed E-state index contributed by atoms with van der Waals surface area (Å²) in [6.07, 6.45) is 4.95. The van der Waals surface area contributed by atoms with Crippen molar-refractivity contribution in [3.63, 3.8) is 0 Å². The van der Waals surface area contributed by atoms with Gasteiger partial charge in [0.05, 0.1) is 12.4 Å². The lowest BCUT2D eigenvalue weighted by molar-refractivity contribution is -0.113. The monoisotopic (exact) mass is 479 g/mol. The Morgan fingerprint density at radius 3 is 2.66 bits per heavy atom. The number of benzene rings is 1. The van der Waals surface area contributed by atoms with Crippen molar-refractivity contribution in [1.29, 1.82) is 0 Å². The molecule has 1 saturated heterocycles. The number of nitrogens with one attached hydrogen (secondary N) is 1. The number of thioether (sulfide) groups is 1. The standard InChI is InChI=1S/C21H29N5O4S2/c1-3-30-18-10-7-16(13-19(18)32(28,29)25-11-5-4-6-12-25)22-20(27)14-31-21-24-23-15(2)26(21)17-8-9-17/h7,10,13,17H,3-6,8-9,11-12,14H2,1-2H3,(H,22,27). The van der Waals surface area contributed by atoms with Crippen molar-refractivity contribution in [2.24, 2.45) is 0 Å². The number of hydrogen-bond donors (Lipinski definition) is 1. The number of hydrogen-bond acceptors (Lipinski definition) is 7. The third-order valence-corrected chi connectivity index (χ3v) is 8.40. The van der Waals surface area contributed by atoms with E-state index in [0.29, 0.717) is 37.2 Å². The molecule has 1 aliphatic heterocycles. The molecular formula is C21H29N5O4S2. The minimum atomic E-state index is -3.70. The zero-order valence-corrected chi connectivity index (χ0v) is 20.0. The largest absolute Gasteiger partial charge is 0.492 e. The van der Waals surface area contributed by atoms with E-state index in [9.17, 15) is 13.2 Å². The lowest BCUT2D eigenvalue weighted by atomic mass is 10.2. The first-order chi connectivity index (χ1) is 15.4. The molecule has 0 radical (unpaired) electrons. The first-order valence-electron chi connectivity index (χ1n) is 11.0. The number of carbonyl (C=O) groups is 1. The summed E-state index contributed by atoms with van der Waals surface area (Å²) in [4.78, 5) is 12.7. The summed E-state index contributed by atoms with van der Waals surface area (Å²) < 4.78 is 35.7. The molecule has 9 nitrogen and oxygen atoms in total. The van der Waals surface area contributed by atoms with Crippen LogP contribution in [0, 0.1) is 6.92 Å². The summed E-state index contributed by atoms with van der Waals surface area (Å²) in [5, 5.41) is 11.9. The van der Waals surface area contributed by atoms with Crippen LogP contribution in [0.1, 0.15) is 50.9 Å². The Labute approximate surface area is 193 Å². The zero-order chi connectivity index (χ0) is 22.7. The van der Waals surface area contributed by atoms with Gasteiger partial charge in [-0.15, -0.1) is 10.2 Å². The van der Waals surface area contributed by atoms with Gasteiger partial charge in [-0.05, 0) is 57.7 Å². The van der Waals surface area contributed by atoms with Crippen molar-refractivity contribution in [3.8, 4) is 5.75 Å². The summed E-state index contributed by atoms with van der Waals surface area (Å²) in [5.41, 5.74) is 0.425. The first kappa shape index (κ1) is 23.1. The number of piperidine rings is 1. The molecule has 0 atom stereocenters. The summed E-state index contributed by atoms with van der Waals surface area (Å²) in [5.74, 6) is 1.09. The van der Waals surface area contributed by atoms with Crippen molar-refractivity contribution in [2.75, 3.05) is 30.8 Å². The lowest BCUT2D eigenvalue weighted by Crippen LogP contribution is -2.35. The molecule has 2 heterocycles. The highest BCUT2D eigenvalue weighted by atomic mass is 32.2. The second-order valence-corrected chi connectivity index (χ2v) is 10.9. The fourth-order valence-electron chi connectivity index (χ4n) is 3.84. The minimum Gasteiger partial charge on any atom is -0.492 e. The molecule has 0 bridgehead atoms. The highest BCUT2D eigenvalue weighted by Gasteiger charge is 2.30. The van der Waals surface area contributed by atoms with Gasteiger partial charge in [-0.2, -0.15) is 4.31 Å². The molecule has 0 unspecified atom stereocenters. The Morgan fingerprint density at radius 2 is 1.97 bits per heavy atom. The van der Waals surface area contributed by atoms with Gasteiger partial charge in [0.2, 0.25) is 15.9 Å². The molecule has 1 aliphatic carbocycles. The van der Waals surface area contributed by atoms with Crippen molar-refractivity contribution in [2.45, 2.75) is 62.0 Å². The quantitative estimate of drug-likeness (QED) is 0.550. The van der Waals surface area contributed by atoms with Gasteiger partial charge in [0.1, 0.15) is 16.5 Å². The van der Waals surface area contributed by atoms with Crippen LogP contribution in [0.15, 0.2) is 28.3 Å². The van der Waals surface area contributed by atoms with Crippen LogP contribution >= 0.6 is 11.8 Å². The number of nitrogens with zero attached hydrogens (tertiary/aromatic N) is 4. The smallest absolute Gasteiger partial charge is 0.246 e. The second kappa shape index (κ2) is 9.80. The summed E-state index contributed by atoms with van der Waals surface area (Å²) in [7, 11) is -3.70. The molecule has 1 aromatic heterocycles. The number of carbonyl (C=O) groups excluding carboxylic acids is 1. The number of aryl methyl sites for hydroxylation is 1. The third-order valence-electron chi connectivity index (χ3n) is 5.54. The SMILES string of the molecule is CCOc1ccc(NC(=O)CSc2nnc(C)n2C2CC2)cc1S(=O)(=O)N1CCCCC1. The molecule has 2 aromatic rings. The maximum Gasteiger partial charge on any atom is 0.246 e. The van der Waals surface area contributed by atoms with E-state index in [0.717, 1.165) is 43.1 Å². The number of amides is 1. The van der Waals surface area contributed by atoms with Crippen molar-refractivity contribution in [1.82, 2.24) is 19.1 Å². The second-order valence-electron chi connectivity index (χ2n) is 8.03.